The zero-order valence-corrected chi connectivity index (χ0v) is 16.0. The van der Waals surface area contributed by atoms with Crippen LogP contribution in [-0.2, 0) is 29.5 Å². The average molecular weight is 361 g/mol. The summed E-state index contributed by atoms with van der Waals surface area (Å²) >= 11 is 0. The lowest BCUT2D eigenvalue weighted by Crippen LogP contribution is -2.43. The summed E-state index contributed by atoms with van der Waals surface area (Å²) in [7, 11) is 1.93. The minimum absolute atomic E-state index is 0.184. The average Bonchev–Trinajstić information content (AvgIpc) is 2.99. The predicted molar refractivity (Wildman–Crippen MR) is 99.9 cm³/mol. The second kappa shape index (κ2) is 8.71. The third-order valence-electron chi connectivity index (χ3n) is 5.70. The molecule has 0 radical (unpaired) electrons. The standard InChI is InChI=1S/C20H31N3O3/c1-3-26-20(25)16(11-14-7-5-4-6-8-14)22-19(24)18-12-15-13-21-10-9-17(15)23(18)2/h12,14,16,21H,3-11,13H2,1-2H3,(H,22,24)/t16-/m0/s1. The van der Waals surface area contributed by atoms with Crippen molar-refractivity contribution in [1.82, 2.24) is 15.2 Å². The van der Waals surface area contributed by atoms with Crippen LogP contribution in [0.3, 0.4) is 0 Å². The highest BCUT2D eigenvalue weighted by Crippen LogP contribution is 2.28. The third kappa shape index (κ3) is 4.29. The highest BCUT2D eigenvalue weighted by molar-refractivity contribution is 5.96. The zero-order chi connectivity index (χ0) is 18.5. The smallest absolute Gasteiger partial charge is 0.328 e. The van der Waals surface area contributed by atoms with E-state index in [2.05, 4.69) is 10.6 Å². The van der Waals surface area contributed by atoms with E-state index in [4.69, 9.17) is 4.74 Å². The van der Waals surface area contributed by atoms with E-state index >= 15 is 0 Å². The van der Waals surface area contributed by atoms with E-state index in [1.54, 1.807) is 6.92 Å². The number of aromatic nitrogens is 1. The van der Waals surface area contributed by atoms with Gasteiger partial charge in [-0.2, -0.15) is 0 Å². The van der Waals surface area contributed by atoms with Crippen molar-refractivity contribution in [2.24, 2.45) is 13.0 Å². The second-order valence-electron chi connectivity index (χ2n) is 7.51. The van der Waals surface area contributed by atoms with Gasteiger partial charge in [0, 0.05) is 32.3 Å². The van der Waals surface area contributed by atoms with Gasteiger partial charge in [0.2, 0.25) is 0 Å². The SMILES string of the molecule is CCOC(=O)[C@H](CC1CCCCC1)NC(=O)c1cc2c(n1C)CCNC2. The molecule has 0 bridgehead atoms. The largest absolute Gasteiger partial charge is 0.464 e. The van der Waals surface area contributed by atoms with E-state index in [1.807, 2.05) is 17.7 Å². The zero-order valence-electron chi connectivity index (χ0n) is 16.0. The number of esters is 1. The molecule has 1 aromatic heterocycles. The molecule has 2 aliphatic rings. The molecule has 2 heterocycles. The first-order valence-electron chi connectivity index (χ1n) is 9.95. The Morgan fingerprint density at radius 3 is 2.81 bits per heavy atom. The van der Waals surface area contributed by atoms with E-state index in [0.29, 0.717) is 24.6 Å². The van der Waals surface area contributed by atoms with Gasteiger partial charge < -0.3 is 19.9 Å². The number of hydrogen-bond donors (Lipinski definition) is 2. The normalized spacial score (nSPS) is 18.8. The van der Waals surface area contributed by atoms with E-state index in [-0.39, 0.29) is 11.9 Å². The van der Waals surface area contributed by atoms with Gasteiger partial charge in [-0.3, -0.25) is 4.79 Å². The summed E-state index contributed by atoms with van der Waals surface area (Å²) in [5, 5.41) is 6.29. The van der Waals surface area contributed by atoms with Gasteiger partial charge in [0.25, 0.3) is 5.91 Å². The summed E-state index contributed by atoms with van der Waals surface area (Å²) < 4.78 is 7.19. The number of nitrogens with zero attached hydrogens (tertiary/aromatic N) is 1. The van der Waals surface area contributed by atoms with Crippen LogP contribution in [0.5, 0.6) is 0 Å². The van der Waals surface area contributed by atoms with Gasteiger partial charge in [0.05, 0.1) is 6.61 Å². The van der Waals surface area contributed by atoms with Crippen molar-refractivity contribution in [1.29, 1.82) is 0 Å². The summed E-state index contributed by atoms with van der Waals surface area (Å²) in [6.07, 6.45) is 7.57. The Labute approximate surface area is 155 Å². The molecule has 3 rings (SSSR count). The molecule has 0 spiro atoms. The molecule has 2 N–H and O–H groups in total. The summed E-state index contributed by atoms with van der Waals surface area (Å²) in [6, 6.07) is 1.38. The maximum Gasteiger partial charge on any atom is 0.328 e. The molecule has 1 saturated carbocycles. The minimum Gasteiger partial charge on any atom is -0.464 e. The number of ether oxygens (including phenoxy) is 1. The van der Waals surface area contributed by atoms with Gasteiger partial charge >= 0.3 is 5.97 Å². The molecule has 1 amide bonds. The van der Waals surface area contributed by atoms with Crippen molar-refractivity contribution in [3.8, 4) is 0 Å². The van der Waals surface area contributed by atoms with Crippen LogP contribution in [0.2, 0.25) is 0 Å². The van der Waals surface area contributed by atoms with Crippen molar-refractivity contribution in [3.05, 3.63) is 23.0 Å². The maximum atomic E-state index is 12.9. The lowest BCUT2D eigenvalue weighted by molar-refractivity contribution is -0.146. The Morgan fingerprint density at radius 2 is 2.12 bits per heavy atom. The monoisotopic (exact) mass is 361 g/mol. The van der Waals surface area contributed by atoms with Crippen LogP contribution in [0.1, 0.15) is 67.2 Å². The number of carbonyl (C=O) groups excluding carboxylic acids is 2. The Morgan fingerprint density at radius 1 is 1.35 bits per heavy atom. The fourth-order valence-corrected chi connectivity index (χ4v) is 4.28. The lowest BCUT2D eigenvalue weighted by atomic mass is 9.85. The molecule has 26 heavy (non-hydrogen) atoms. The summed E-state index contributed by atoms with van der Waals surface area (Å²) in [5.41, 5.74) is 2.99. The first-order valence-corrected chi connectivity index (χ1v) is 9.95. The molecule has 1 atom stereocenters. The van der Waals surface area contributed by atoms with Gasteiger partial charge in [-0.1, -0.05) is 32.1 Å². The molecule has 144 valence electrons. The highest BCUT2D eigenvalue weighted by atomic mass is 16.5. The van der Waals surface area contributed by atoms with Crippen molar-refractivity contribution in [3.63, 3.8) is 0 Å². The van der Waals surface area contributed by atoms with Crippen LogP contribution in [0.4, 0.5) is 0 Å². The van der Waals surface area contributed by atoms with Crippen LogP contribution in [0.15, 0.2) is 6.07 Å². The Balaban J connectivity index is 1.71. The van der Waals surface area contributed by atoms with Crippen molar-refractivity contribution in [2.75, 3.05) is 13.2 Å². The number of rotatable bonds is 6. The van der Waals surface area contributed by atoms with Crippen LogP contribution >= 0.6 is 0 Å². The second-order valence-corrected chi connectivity index (χ2v) is 7.51. The fraction of sp³-hybridized carbons (Fsp3) is 0.700. The molecule has 0 saturated heterocycles. The van der Waals surface area contributed by atoms with Gasteiger partial charge in [0.15, 0.2) is 0 Å². The number of fused-ring (bicyclic) bond motifs is 1. The van der Waals surface area contributed by atoms with E-state index < -0.39 is 6.04 Å². The predicted octanol–water partition coefficient (Wildman–Crippen LogP) is 2.30. The molecule has 6 nitrogen and oxygen atoms in total. The number of amides is 1. The van der Waals surface area contributed by atoms with Gasteiger partial charge in [-0.05, 0) is 30.9 Å². The molecule has 1 aliphatic carbocycles. The fourth-order valence-electron chi connectivity index (χ4n) is 4.28. The summed E-state index contributed by atoms with van der Waals surface area (Å²) in [5.74, 6) is -0.00732. The Kier molecular flexibility index (Phi) is 6.35. The number of carbonyl (C=O) groups is 2. The topological polar surface area (TPSA) is 72.4 Å². The van der Waals surface area contributed by atoms with Crippen LogP contribution < -0.4 is 10.6 Å². The van der Waals surface area contributed by atoms with Gasteiger partial charge in [-0.15, -0.1) is 0 Å². The Hall–Kier alpha value is -1.82. The molecular formula is C20H31N3O3. The van der Waals surface area contributed by atoms with Gasteiger partial charge in [-0.25, -0.2) is 4.79 Å². The molecule has 0 unspecified atom stereocenters. The van der Waals surface area contributed by atoms with Crippen LogP contribution in [0.25, 0.3) is 0 Å². The molecule has 1 aliphatic heterocycles. The maximum absolute atomic E-state index is 12.9. The van der Waals surface area contributed by atoms with Crippen LogP contribution in [-0.4, -0.2) is 35.6 Å². The molecule has 0 aromatic carbocycles. The first-order chi connectivity index (χ1) is 12.6. The van der Waals surface area contributed by atoms with Crippen molar-refractivity contribution in [2.45, 2.75) is 64.5 Å². The molecular weight excluding hydrogens is 330 g/mol. The number of hydrogen-bond acceptors (Lipinski definition) is 4. The van der Waals surface area contributed by atoms with Gasteiger partial charge in [0.1, 0.15) is 11.7 Å². The Bertz CT molecular complexity index is 647. The minimum atomic E-state index is -0.560. The summed E-state index contributed by atoms with van der Waals surface area (Å²) in [4.78, 5) is 25.3. The van der Waals surface area contributed by atoms with E-state index in [9.17, 15) is 9.59 Å². The number of nitrogens with one attached hydrogen (secondary N) is 2. The lowest BCUT2D eigenvalue weighted by Gasteiger charge is -2.26. The first kappa shape index (κ1) is 19.0. The third-order valence-corrected chi connectivity index (χ3v) is 5.70. The van der Waals surface area contributed by atoms with E-state index in [0.717, 1.165) is 32.4 Å². The summed E-state index contributed by atoms with van der Waals surface area (Å²) in [6.45, 7) is 3.86. The molecule has 1 aromatic rings. The van der Waals surface area contributed by atoms with Crippen LogP contribution in [0, 0.1) is 5.92 Å². The van der Waals surface area contributed by atoms with Crippen molar-refractivity contribution >= 4 is 11.9 Å². The highest BCUT2D eigenvalue weighted by Gasteiger charge is 2.29. The quantitative estimate of drug-likeness (QED) is 0.763. The molecule has 1 fully saturated rings. The molecule has 6 heteroatoms. The van der Waals surface area contributed by atoms with Crippen molar-refractivity contribution < 1.29 is 14.3 Å². The van der Waals surface area contributed by atoms with E-state index in [1.165, 1.54) is 30.5 Å².